The number of hydrogen-bond acceptors (Lipinski definition) is 2. The van der Waals surface area contributed by atoms with E-state index in [9.17, 15) is 0 Å². The zero-order valence-corrected chi connectivity index (χ0v) is 25.9. The Bertz CT molecular complexity index is 716. The Hall–Kier alpha value is 0.0439. The van der Waals surface area contributed by atoms with Crippen molar-refractivity contribution < 1.29 is 32.3 Å². The van der Waals surface area contributed by atoms with Crippen molar-refractivity contribution in [3.05, 3.63) is 47.6 Å². The Morgan fingerprint density at radius 3 is 1.26 bits per heavy atom. The quantitative estimate of drug-likeness (QED) is 0.386. The van der Waals surface area contributed by atoms with Crippen LogP contribution in [-0.4, -0.2) is 51.8 Å². The van der Waals surface area contributed by atoms with Crippen LogP contribution in [0, 0.1) is 0 Å². The molecule has 2 aliphatic carbocycles. The van der Waals surface area contributed by atoms with Gasteiger partial charge in [-0.25, -0.2) is 0 Å². The Labute approximate surface area is 202 Å². The third kappa shape index (κ3) is 4.55. The molecule has 2 nitrogen and oxygen atoms in total. The Morgan fingerprint density at radius 1 is 0.677 bits per heavy atom. The molecule has 4 rings (SSSR count). The predicted octanol–water partition coefficient (Wildman–Crippen LogP) is 0.107. The molecule has 0 aromatic heterocycles. The van der Waals surface area contributed by atoms with Crippen molar-refractivity contribution in [3.63, 3.8) is 0 Å². The summed E-state index contributed by atoms with van der Waals surface area (Å²) >= 11 is -1.17. The largest absolute Gasteiger partial charge is 1.00 e. The first kappa shape index (κ1) is 27.3. The van der Waals surface area contributed by atoms with E-state index in [1.807, 2.05) is 0 Å². The average Bonchev–Trinajstić information content (AvgIpc) is 3.44. The van der Waals surface area contributed by atoms with Crippen LogP contribution in [0.2, 0.25) is 31.8 Å². The molecule has 0 aromatic rings. The molecular weight excluding hydrogens is 589 g/mol. The summed E-state index contributed by atoms with van der Waals surface area (Å²) in [6, 6.07) is 0. The molecule has 2 unspecified atom stereocenters. The second kappa shape index (κ2) is 9.73. The number of halogens is 2. The van der Waals surface area contributed by atoms with E-state index >= 15 is 0 Å². The topological polar surface area (TPSA) is 6.48 Å². The van der Waals surface area contributed by atoms with Crippen LogP contribution in [0.15, 0.2) is 47.6 Å². The number of hydrogen-bond donors (Lipinski definition) is 0. The van der Waals surface area contributed by atoms with Crippen molar-refractivity contribution in [1.29, 1.82) is 0 Å². The first-order chi connectivity index (χ1) is 13.6. The molecule has 2 aliphatic heterocycles. The van der Waals surface area contributed by atoms with Crippen LogP contribution in [0.1, 0.15) is 39.5 Å². The van der Waals surface area contributed by atoms with Gasteiger partial charge in [0.05, 0.1) is 0 Å². The summed E-state index contributed by atoms with van der Waals surface area (Å²) < 4.78 is 6.79. The predicted molar refractivity (Wildman–Crippen MR) is 128 cm³/mol. The standard InChI is InChI=1S/2C12H20NSi.2FH.Hf/c2*1-11-6-7-12(10-11)14(2,3)13-8-4-5-9-13;;;/h2*6-7,10H,4-5,8-9H2,1-3H3;2*1H;/q;;;;+2/p-2. The van der Waals surface area contributed by atoms with Gasteiger partial charge in [0.1, 0.15) is 0 Å². The molecule has 0 radical (unpaired) electrons. The Morgan fingerprint density at radius 2 is 1.00 bits per heavy atom. The minimum atomic E-state index is -1.59. The smallest absolute Gasteiger partial charge is 1.00 e. The van der Waals surface area contributed by atoms with Gasteiger partial charge in [-0.15, -0.1) is 0 Å². The summed E-state index contributed by atoms with van der Waals surface area (Å²) in [6.07, 6.45) is 21.6. The maximum Gasteiger partial charge on any atom is -1.00 e. The first-order valence-electron chi connectivity index (χ1n) is 11.7. The molecule has 0 aromatic carbocycles. The van der Waals surface area contributed by atoms with Gasteiger partial charge in [-0.1, -0.05) is 0 Å². The molecule has 0 saturated carbocycles. The fourth-order valence-corrected chi connectivity index (χ4v) is 33.0. The van der Waals surface area contributed by atoms with Gasteiger partial charge in [0.2, 0.25) is 0 Å². The van der Waals surface area contributed by atoms with Gasteiger partial charge < -0.3 is 9.41 Å². The van der Waals surface area contributed by atoms with Gasteiger partial charge >= 0.3 is 194 Å². The van der Waals surface area contributed by atoms with E-state index in [1.54, 1.807) is 0 Å². The van der Waals surface area contributed by atoms with Gasteiger partial charge in [0, 0.05) is 0 Å². The van der Waals surface area contributed by atoms with E-state index in [4.69, 9.17) is 0 Å². The van der Waals surface area contributed by atoms with Crippen LogP contribution in [0.3, 0.4) is 0 Å². The summed E-state index contributed by atoms with van der Waals surface area (Å²) in [5, 5.41) is 0. The summed E-state index contributed by atoms with van der Waals surface area (Å²) in [5.74, 6) is 0. The van der Waals surface area contributed by atoms with Crippen molar-refractivity contribution in [2.24, 2.45) is 0 Å². The zero-order valence-electron chi connectivity index (χ0n) is 20.3. The van der Waals surface area contributed by atoms with Crippen molar-refractivity contribution in [2.75, 3.05) is 26.2 Å². The molecule has 31 heavy (non-hydrogen) atoms. The third-order valence-electron chi connectivity index (χ3n) is 8.36. The normalized spacial score (nSPS) is 31.3. The van der Waals surface area contributed by atoms with Crippen molar-refractivity contribution in [1.82, 2.24) is 9.13 Å². The molecule has 0 N–H and O–H groups in total. The average molecular weight is 629 g/mol. The van der Waals surface area contributed by atoms with Crippen LogP contribution >= 0.6 is 0 Å². The minimum absolute atomic E-state index is 0. The van der Waals surface area contributed by atoms with Gasteiger partial charge in [0.25, 0.3) is 0 Å². The monoisotopic (exact) mass is 630 g/mol. The van der Waals surface area contributed by atoms with Crippen LogP contribution in [-0.2, 0) is 22.9 Å². The van der Waals surface area contributed by atoms with Gasteiger partial charge in [-0.05, 0) is 0 Å². The molecule has 4 aliphatic rings. The van der Waals surface area contributed by atoms with Crippen molar-refractivity contribution >= 4 is 16.5 Å². The van der Waals surface area contributed by atoms with E-state index in [2.05, 4.69) is 85.6 Å². The van der Waals surface area contributed by atoms with Crippen LogP contribution in [0.25, 0.3) is 0 Å². The molecule has 2 fully saturated rings. The Balaban J connectivity index is 0.00000171. The van der Waals surface area contributed by atoms with Gasteiger partial charge in [-0.3, -0.25) is 0 Å². The maximum absolute atomic E-state index is 2.97. The molecule has 2 saturated heterocycles. The summed E-state index contributed by atoms with van der Waals surface area (Å²) in [5.41, 5.74) is 3.05. The fourth-order valence-electron chi connectivity index (χ4n) is 6.08. The van der Waals surface area contributed by atoms with Gasteiger partial charge in [0.15, 0.2) is 0 Å². The Kier molecular flexibility index (Phi) is 8.56. The fraction of sp³-hybridized carbons (Fsp3) is 0.667. The van der Waals surface area contributed by atoms with Crippen LogP contribution in [0.4, 0.5) is 0 Å². The van der Waals surface area contributed by atoms with Crippen molar-refractivity contribution in [3.8, 4) is 0 Å². The molecule has 0 spiro atoms. The number of nitrogens with zero attached hydrogens (tertiary/aromatic N) is 2. The number of allylic oxidation sites excluding steroid dienone is 8. The molecule has 0 amide bonds. The summed E-state index contributed by atoms with van der Waals surface area (Å²) in [4.78, 5) is 0. The number of rotatable bonds is 6. The molecule has 0 bridgehead atoms. The van der Waals surface area contributed by atoms with Gasteiger partial charge in [-0.2, -0.15) is 0 Å². The van der Waals surface area contributed by atoms with E-state index in [0.717, 1.165) is 0 Å². The molecule has 7 heteroatoms. The summed E-state index contributed by atoms with van der Waals surface area (Å²) in [6.45, 7) is 20.9. The summed E-state index contributed by atoms with van der Waals surface area (Å²) in [7, 11) is -3.17. The van der Waals surface area contributed by atoms with Crippen LogP contribution in [0.5, 0.6) is 0 Å². The zero-order chi connectivity index (χ0) is 20.9. The van der Waals surface area contributed by atoms with E-state index in [-0.39, 0.29) is 9.41 Å². The molecule has 2 heterocycles. The van der Waals surface area contributed by atoms with Crippen LogP contribution < -0.4 is 9.41 Å². The first-order valence-corrected chi connectivity index (χ1v) is 21.2. The van der Waals surface area contributed by atoms with E-state index in [1.165, 1.54) is 63.0 Å². The second-order valence-corrected chi connectivity index (χ2v) is 30.4. The van der Waals surface area contributed by atoms with Crippen molar-refractivity contribution in [2.45, 2.75) is 71.3 Å². The van der Waals surface area contributed by atoms with E-state index < -0.39 is 39.4 Å². The SMILES string of the molecule is CC1=C[C]([Hf+2][C]2([Si](C)(C)N3CCCC3)C=CC(C)=C2)([Si](C)(C)N2CCCC2)C=C1.[F-].[F-]. The second-order valence-electron chi connectivity index (χ2n) is 10.8. The third-order valence-corrected chi connectivity index (χ3v) is 37.5. The molecule has 172 valence electrons. The molecular formula is C24H40F2HfN2Si2. The molecule has 2 atom stereocenters. The maximum atomic E-state index is 2.97. The minimum Gasteiger partial charge on any atom is -1.00 e. The van der Waals surface area contributed by atoms with E-state index in [0.29, 0.717) is 5.59 Å².